The van der Waals surface area contributed by atoms with E-state index in [-0.39, 0.29) is 18.4 Å². The van der Waals surface area contributed by atoms with Gasteiger partial charge in [0.2, 0.25) is 11.8 Å². The quantitative estimate of drug-likeness (QED) is 0.656. The number of hydrogen-bond donors (Lipinski definition) is 3. The number of benzene rings is 1. The second-order valence-electron chi connectivity index (χ2n) is 6.88. The van der Waals surface area contributed by atoms with Crippen LogP contribution in [0, 0.1) is 5.92 Å². The maximum atomic E-state index is 12.5. The van der Waals surface area contributed by atoms with Crippen molar-refractivity contribution in [3.05, 3.63) is 34.9 Å². The highest BCUT2D eigenvalue weighted by Gasteiger charge is 2.32. The predicted octanol–water partition coefficient (Wildman–Crippen LogP) is 2.35. The SMILES string of the molecule is CC(C)C[C@H](NC(=O)CNC(=O)C(C)(C)c1ccccc1Cl)C(=O)O. The van der Waals surface area contributed by atoms with Crippen LogP contribution in [0.3, 0.4) is 0 Å². The van der Waals surface area contributed by atoms with Crippen LogP contribution in [0.5, 0.6) is 0 Å². The minimum atomic E-state index is -1.09. The number of hydrogen-bond acceptors (Lipinski definition) is 3. The van der Waals surface area contributed by atoms with Gasteiger partial charge in [0.25, 0.3) is 0 Å². The topological polar surface area (TPSA) is 95.5 Å². The van der Waals surface area contributed by atoms with E-state index in [9.17, 15) is 14.4 Å². The molecule has 1 aromatic rings. The van der Waals surface area contributed by atoms with Crippen LogP contribution < -0.4 is 10.6 Å². The number of nitrogens with one attached hydrogen (secondary N) is 2. The highest BCUT2D eigenvalue weighted by Crippen LogP contribution is 2.29. The summed E-state index contributed by atoms with van der Waals surface area (Å²) in [6.45, 7) is 6.86. The van der Waals surface area contributed by atoms with Gasteiger partial charge < -0.3 is 15.7 Å². The van der Waals surface area contributed by atoms with Crippen LogP contribution in [0.15, 0.2) is 24.3 Å². The van der Waals surface area contributed by atoms with Crippen LogP contribution >= 0.6 is 11.6 Å². The Labute approximate surface area is 152 Å². The highest BCUT2D eigenvalue weighted by molar-refractivity contribution is 6.31. The van der Waals surface area contributed by atoms with E-state index in [2.05, 4.69) is 10.6 Å². The molecule has 0 spiro atoms. The van der Waals surface area contributed by atoms with Crippen LogP contribution in [-0.2, 0) is 19.8 Å². The van der Waals surface area contributed by atoms with Crippen molar-refractivity contribution in [1.82, 2.24) is 10.6 Å². The maximum Gasteiger partial charge on any atom is 0.326 e. The van der Waals surface area contributed by atoms with Gasteiger partial charge in [-0.1, -0.05) is 43.6 Å². The number of carbonyl (C=O) groups excluding carboxylic acids is 2. The zero-order chi connectivity index (χ0) is 19.2. The van der Waals surface area contributed by atoms with Gasteiger partial charge in [0.15, 0.2) is 0 Å². The molecule has 1 aromatic carbocycles. The zero-order valence-electron chi connectivity index (χ0n) is 14.9. The Morgan fingerprint density at radius 3 is 2.32 bits per heavy atom. The smallest absolute Gasteiger partial charge is 0.326 e. The van der Waals surface area contributed by atoms with E-state index < -0.39 is 23.3 Å². The molecule has 0 radical (unpaired) electrons. The summed E-state index contributed by atoms with van der Waals surface area (Å²) in [5, 5.41) is 14.6. The second kappa shape index (κ2) is 8.85. The van der Waals surface area contributed by atoms with Crippen molar-refractivity contribution in [3.63, 3.8) is 0 Å². The molecule has 3 N–H and O–H groups in total. The van der Waals surface area contributed by atoms with E-state index in [0.717, 1.165) is 0 Å². The van der Waals surface area contributed by atoms with Crippen LogP contribution in [0.4, 0.5) is 0 Å². The number of rotatable bonds is 8. The average molecular weight is 369 g/mol. The molecule has 0 saturated carbocycles. The summed E-state index contributed by atoms with van der Waals surface area (Å²) in [4.78, 5) is 35.6. The fourth-order valence-electron chi connectivity index (χ4n) is 2.41. The fourth-order valence-corrected chi connectivity index (χ4v) is 2.78. The van der Waals surface area contributed by atoms with Gasteiger partial charge in [-0.3, -0.25) is 9.59 Å². The zero-order valence-corrected chi connectivity index (χ0v) is 15.7. The van der Waals surface area contributed by atoms with Crippen molar-refractivity contribution in [2.75, 3.05) is 6.54 Å². The molecule has 0 aliphatic carbocycles. The lowest BCUT2D eigenvalue weighted by atomic mass is 9.83. The van der Waals surface area contributed by atoms with Crippen molar-refractivity contribution >= 4 is 29.4 Å². The summed E-state index contributed by atoms with van der Waals surface area (Å²) in [6.07, 6.45) is 0.320. The molecule has 0 aromatic heterocycles. The molecule has 0 aliphatic heterocycles. The second-order valence-corrected chi connectivity index (χ2v) is 7.28. The molecule has 0 saturated heterocycles. The molecule has 0 unspecified atom stereocenters. The minimum absolute atomic E-state index is 0.121. The first-order chi connectivity index (χ1) is 11.6. The number of amides is 2. The number of carbonyl (C=O) groups is 3. The van der Waals surface area contributed by atoms with E-state index in [1.54, 1.807) is 38.1 Å². The van der Waals surface area contributed by atoms with Crippen LogP contribution in [0.2, 0.25) is 5.02 Å². The highest BCUT2D eigenvalue weighted by atomic mass is 35.5. The Bertz CT molecular complexity index is 644. The third-order valence-corrected chi connectivity index (χ3v) is 4.19. The molecular weight excluding hydrogens is 344 g/mol. The molecule has 25 heavy (non-hydrogen) atoms. The van der Waals surface area contributed by atoms with E-state index in [1.165, 1.54) is 0 Å². The molecule has 0 aliphatic rings. The Kier molecular flexibility index (Phi) is 7.42. The monoisotopic (exact) mass is 368 g/mol. The number of carboxylic acid groups (broad SMARTS) is 1. The predicted molar refractivity (Wildman–Crippen MR) is 96.5 cm³/mol. The normalized spacial score (nSPS) is 12.6. The van der Waals surface area contributed by atoms with Gasteiger partial charge in [-0.05, 0) is 37.8 Å². The standard InChI is InChI=1S/C18H25ClN2O4/c1-11(2)9-14(16(23)24)21-15(22)10-20-17(25)18(3,4)12-7-5-6-8-13(12)19/h5-8,11,14H,9-10H2,1-4H3,(H,20,25)(H,21,22)(H,23,24)/t14-/m0/s1. The Hall–Kier alpha value is -2.08. The van der Waals surface area contributed by atoms with Crippen molar-refractivity contribution in [3.8, 4) is 0 Å². The van der Waals surface area contributed by atoms with Crippen molar-refractivity contribution < 1.29 is 19.5 Å². The summed E-state index contributed by atoms with van der Waals surface area (Å²) in [5.41, 5.74) is -0.277. The number of carboxylic acids is 1. The summed E-state index contributed by atoms with van der Waals surface area (Å²) in [6, 6.07) is 6.04. The van der Waals surface area contributed by atoms with E-state index >= 15 is 0 Å². The summed E-state index contributed by atoms with van der Waals surface area (Å²) >= 11 is 6.14. The van der Waals surface area contributed by atoms with Crippen LogP contribution in [0.25, 0.3) is 0 Å². The van der Waals surface area contributed by atoms with E-state index in [4.69, 9.17) is 16.7 Å². The minimum Gasteiger partial charge on any atom is -0.480 e. The molecular formula is C18H25ClN2O4. The molecule has 138 valence electrons. The fraction of sp³-hybridized carbons (Fsp3) is 0.500. The van der Waals surface area contributed by atoms with Gasteiger partial charge in [0.1, 0.15) is 6.04 Å². The van der Waals surface area contributed by atoms with Gasteiger partial charge in [-0.2, -0.15) is 0 Å². The summed E-state index contributed by atoms with van der Waals surface area (Å²) < 4.78 is 0. The third-order valence-electron chi connectivity index (χ3n) is 3.86. The van der Waals surface area contributed by atoms with Crippen LogP contribution in [-0.4, -0.2) is 35.5 Å². The van der Waals surface area contributed by atoms with Crippen LogP contribution in [0.1, 0.15) is 39.7 Å². The van der Waals surface area contributed by atoms with Gasteiger partial charge in [0.05, 0.1) is 12.0 Å². The first kappa shape index (κ1) is 21.0. The summed E-state index contributed by atoms with van der Waals surface area (Å²) in [7, 11) is 0. The number of aliphatic carboxylic acids is 1. The van der Waals surface area contributed by atoms with Gasteiger partial charge in [-0.15, -0.1) is 0 Å². The Morgan fingerprint density at radius 1 is 1.20 bits per heavy atom. The molecule has 0 heterocycles. The van der Waals surface area contributed by atoms with Crippen molar-refractivity contribution in [1.29, 1.82) is 0 Å². The lowest BCUT2D eigenvalue weighted by Gasteiger charge is -2.25. The lowest BCUT2D eigenvalue weighted by molar-refractivity contribution is -0.142. The third kappa shape index (κ3) is 6.05. The Balaban J connectivity index is 2.67. The van der Waals surface area contributed by atoms with Gasteiger partial charge in [0, 0.05) is 5.02 Å². The molecule has 2 amide bonds. The Morgan fingerprint density at radius 2 is 1.80 bits per heavy atom. The van der Waals surface area contributed by atoms with E-state index in [1.807, 2.05) is 13.8 Å². The molecule has 7 heteroatoms. The molecule has 0 fully saturated rings. The lowest BCUT2D eigenvalue weighted by Crippen LogP contribution is -2.48. The molecule has 0 bridgehead atoms. The van der Waals surface area contributed by atoms with Crippen molar-refractivity contribution in [2.45, 2.75) is 45.6 Å². The maximum absolute atomic E-state index is 12.5. The van der Waals surface area contributed by atoms with Gasteiger partial charge in [-0.25, -0.2) is 4.79 Å². The molecule has 1 atom stereocenters. The molecule has 6 nitrogen and oxygen atoms in total. The van der Waals surface area contributed by atoms with E-state index in [0.29, 0.717) is 17.0 Å². The summed E-state index contributed by atoms with van der Waals surface area (Å²) in [5.74, 6) is -1.89. The van der Waals surface area contributed by atoms with Crippen molar-refractivity contribution in [2.24, 2.45) is 5.92 Å². The average Bonchev–Trinajstić information content (AvgIpc) is 2.51. The molecule has 1 rings (SSSR count). The first-order valence-electron chi connectivity index (χ1n) is 8.11. The van der Waals surface area contributed by atoms with Gasteiger partial charge >= 0.3 is 5.97 Å². The number of halogens is 1. The largest absolute Gasteiger partial charge is 0.480 e. The first-order valence-corrected chi connectivity index (χ1v) is 8.49.